The van der Waals surface area contributed by atoms with Crippen LogP contribution in [0.5, 0.6) is 5.75 Å². The number of methoxy groups -OCH3 is 1. The normalized spacial score (nSPS) is 11.1. The molecular weight excluding hydrogens is 316 g/mol. The summed E-state index contributed by atoms with van der Waals surface area (Å²) in [5.74, 6) is 1.85. The molecule has 1 aromatic carbocycles. The molecule has 0 fully saturated rings. The van der Waals surface area contributed by atoms with Gasteiger partial charge in [-0.3, -0.25) is 4.79 Å². The Kier molecular flexibility index (Phi) is 5.96. The van der Waals surface area contributed by atoms with Gasteiger partial charge in [0.1, 0.15) is 23.1 Å². The third kappa shape index (κ3) is 6.06. The van der Waals surface area contributed by atoms with E-state index in [-0.39, 0.29) is 11.4 Å². The van der Waals surface area contributed by atoms with Crippen LogP contribution in [0.25, 0.3) is 0 Å². The molecule has 0 radical (unpaired) electrons. The van der Waals surface area contributed by atoms with Crippen LogP contribution in [-0.2, 0) is 6.42 Å². The number of amides is 1. The lowest BCUT2D eigenvalue weighted by Gasteiger charge is -2.20. The van der Waals surface area contributed by atoms with E-state index < -0.39 is 0 Å². The van der Waals surface area contributed by atoms with E-state index in [9.17, 15) is 4.79 Å². The SMILES string of the molecule is COc1cccc(CCNc2cc(C(=O)NC(C)(C)C)nc(C)n2)c1. The van der Waals surface area contributed by atoms with Gasteiger partial charge in [0, 0.05) is 18.2 Å². The number of rotatable bonds is 6. The highest BCUT2D eigenvalue weighted by Gasteiger charge is 2.17. The minimum Gasteiger partial charge on any atom is -0.497 e. The molecular formula is C19H26N4O2. The number of anilines is 1. The fraction of sp³-hybridized carbons (Fsp3) is 0.421. The molecule has 25 heavy (non-hydrogen) atoms. The third-order valence-electron chi connectivity index (χ3n) is 3.41. The molecule has 0 atom stereocenters. The van der Waals surface area contributed by atoms with Crippen LogP contribution in [-0.4, -0.2) is 35.1 Å². The Bertz CT molecular complexity index is 738. The molecule has 0 aliphatic heterocycles. The minimum absolute atomic E-state index is 0.200. The molecule has 0 spiro atoms. The molecule has 1 heterocycles. The van der Waals surface area contributed by atoms with E-state index in [1.54, 1.807) is 20.1 Å². The number of aromatic nitrogens is 2. The molecule has 0 saturated carbocycles. The molecule has 1 amide bonds. The van der Waals surface area contributed by atoms with Gasteiger partial charge in [0.15, 0.2) is 0 Å². The van der Waals surface area contributed by atoms with Crippen molar-refractivity contribution < 1.29 is 9.53 Å². The second-order valence-electron chi connectivity index (χ2n) is 6.92. The fourth-order valence-electron chi connectivity index (χ4n) is 2.34. The van der Waals surface area contributed by atoms with Gasteiger partial charge in [0.25, 0.3) is 5.91 Å². The van der Waals surface area contributed by atoms with Crippen LogP contribution in [0.4, 0.5) is 5.82 Å². The summed E-state index contributed by atoms with van der Waals surface area (Å²) in [5.41, 5.74) is 1.23. The highest BCUT2D eigenvalue weighted by Crippen LogP contribution is 2.14. The Morgan fingerprint density at radius 2 is 1.96 bits per heavy atom. The zero-order valence-corrected chi connectivity index (χ0v) is 15.5. The Hall–Kier alpha value is -2.63. The molecule has 134 valence electrons. The fourth-order valence-corrected chi connectivity index (χ4v) is 2.34. The predicted octanol–water partition coefficient (Wildman–Crippen LogP) is 2.98. The zero-order chi connectivity index (χ0) is 18.4. The third-order valence-corrected chi connectivity index (χ3v) is 3.41. The number of nitrogens with zero attached hydrogens (tertiary/aromatic N) is 2. The maximum atomic E-state index is 12.3. The van der Waals surface area contributed by atoms with Crippen LogP contribution >= 0.6 is 0 Å². The number of carbonyl (C=O) groups is 1. The summed E-state index contributed by atoms with van der Waals surface area (Å²) in [6.07, 6.45) is 0.823. The zero-order valence-electron chi connectivity index (χ0n) is 15.5. The van der Waals surface area contributed by atoms with E-state index >= 15 is 0 Å². The lowest BCUT2D eigenvalue weighted by atomic mass is 10.1. The number of hydrogen-bond donors (Lipinski definition) is 2. The molecule has 2 aromatic rings. The van der Waals surface area contributed by atoms with Gasteiger partial charge < -0.3 is 15.4 Å². The van der Waals surface area contributed by atoms with Crippen molar-refractivity contribution in [2.45, 2.75) is 39.7 Å². The molecule has 2 rings (SSSR count). The first-order chi connectivity index (χ1) is 11.8. The first kappa shape index (κ1) is 18.7. The number of hydrogen-bond acceptors (Lipinski definition) is 5. The van der Waals surface area contributed by atoms with Gasteiger partial charge >= 0.3 is 0 Å². The van der Waals surface area contributed by atoms with Crippen LogP contribution in [0.3, 0.4) is 0 Å². The number of ether oxygens (including phenoxy) is 1. The number of aryl methyl sites for hydroxylation is 1. The second-order valence-corrected chi connectivity index (χ2v) is 6.92. The second kappa shape index (κ2) is 7.96. The van der Waals surface area contributed by atoms with Gasteiger partial charge in [-0.2, -0.15) is 0 Å². The van der Waals surface area contributed by atoms with Gasteiger partial charge in [0.2, 0.25) is 0 Å². The molecule has 0 unspecified atom stereocenters. The van der Waals surface area contributed by atoms with Crippen LogP contribution in [0, 0.1) is 6.92 Å². The lowest BCUT2D eigenvalue weighted by molar-refractivity contribution is 0.0914. The van der Waals surface area contributed by atoms with Gasteiger partial charge in [0.05, 0.1) is 7.11 Å². The van der Waals surface area contributed by atoms with Crippen molar-refractivity contribution in [2.24, 2.45) is 0 Å². The average Bonchev–Trinajstić information content (AvgIpc) is 2.53. The van der Waals surface area contributed by atoms with Crippen molar-refractivity contribution in [1.29, 1.82) is 0 Å². The number of benzene rings is 1. The number of carbonyl (C=O) groups excluding carboxylic acids is 1. The van der Waals surface area contributed by atoms with Crippen molar-refractivity contribution >= 4 is 11.7 Å². The van der Waals surface area contributed by atoms with E-state index in [2.05, 4.69) is 26.7 Å². The van der Waals surface area contributed by atoms with Crippen LogP contribution < -0.4 is 15.4 Å². The Balaban J connectivity index is 2.01. The van der Waals surface area contributed by atoms with Crippen molar-refractivity contribution in [2.75, 3.05) is 19.0 Å². The van der Waals surface area contributed by atoms with E-state index in [0.29, 0.717) is 23.9 Å². The largest absolute Gasteiger partial charge is 0.497 e. The standard InChI is InChI=1S/C19H26N4O2/c1-13-21-16(18(24)23-19(2,3)4)12-17(22-13)20-10-9-14-7-6-8-15(11-14)25-5/h6-8,11-12H,9-10H2,1-5H3,(H,23,24)(H,20,21,22). The Morgan fingerprint density at radius 3 is 2.64 bits per heavy atom. The summed E-state index contributed by atoms with van der Waals surface area (Å²) in [7, 11) is 1.66. The van der Waals surface area contributed by atoms with Gasteiger partial charge in [-0.1, -0.05) is 12.1 Å². The molecule has 0 aliphatic carbocycles. The van der Waals surface area contributed by atoms with Crippen molar-refractivity contribution in [3.05, 3.63) is 47.4 Å². The highest BCUT2D eigenvalue weighted by molar-refractivity contribution is 5.93. The summed E-state index contributed by atoms with van der Waals surface area (Å²) in [5, 5.41) is 6.17. The van der Waals surface area contributed by atoms with Crippen molar-refractivity contribution in [3.8, 4) is 5.75 Å². The van der Waals surface area contributed by atoms with Crippen LogP contribution in [0.1, 0.15) is 42.6 Å². The first-order valence-electron chi connectivity index (χ1n) is 8.32. The molecule has 0 aliphatic rings. The molecule has 1 aromatic heterocycles. The van der Waals surface area contributed by atoms with Crippen LogP contribution in [0.15, 0.2) is 30.3 Å². The topological polar surface area (TPSA) is 76.1 Å². The summed E-state index contributed by atoms with van der Waals surface area (Å²) < 4.78 is 5.23. The minimum atomic E-state index is -0.310. The quantitative estimate of drug-likeness (QED) is 0.844. The molecule has 0 bridgehead atoms. The van der Waals surface area contributed by atoms with E-state index in [1.807, 2.05) is 39.0 Å². The van der Waals surface area contributed by atoms with Crippen molar-refractivity contribution in [1.82, 2.24) is 15.3 Å². The van der Waals surface area contributed by atoms with E-state index in [0.717, 1.165) is 12.2 Å². The predicted molar refractivity (Wildman–Crippen MR) is 99.2 cm³/mol. The molecule has 6 nitrogen and oxygen atoms in total. The van der Waals surface area contributed by atoms with Crippen LogP contribution in [0.2, 0.25) is 0 Å². The molecule has 6 heteroatoms. The maximum absolute atomic E-state index is 12.3. The lowest BCUT2D eigenvalue weighted by Crippen LogP contribution is -2.41. The highest BCUT2D eigenvalue weighted by atomic mass is 16.5. The summed E-state index contributed by atoms with van der Waals surface area (Å²) in [6.45, 7) is 8.29. The average molecular weight is 342 g/mol. The van der Waals surface area contributed by atoms with E-state index in [4.69, 9.17) is 4.74 Å². The smallest absolute Gasteiger partial charge is 0.270 e. The molecule has 0 saturated heterocycles. The van der Waals surface area contributed by atoms with Gasteiger partial charge in [-0.15, -0.1) is 0 Å². The van der Waals surface area contributed by atoms with Crippen molar-refractivity contribution in [3.63, 3.8) is 0 Å². The summed E-state index contributed by atoms with van der Waals surface area (Å²) in [6, 6.07) is 9.63. The van der Waals surface area contributed by atoms with Gasteiger partial charge in [-0.25, -0.2) is 9.97 Å². The number of nitrogens with one attached hydrogen (secondary N) is 2. The Labute approximate surface area is 149 Å². The van der Waals surface area contributed by atoms with E-state index in [1.165, 1.54) is 5.56 Å². The Morgan fingerprint density at radius 1 is 1.20 bits per heavy atom. The summed E-state index contributed by atoms with van der Waals surface area (Å²) in [4.78, 5) is 20.9. The van der Waals surface area contributed by atoms with Gasteiger partial charge in [-0.05, 0) is 51.8 Å². The first-order valence-corrected chi connectivity index (χ1v) is 8.32. The maximum Gasteiger partial charge on any atom is 0.270 e. The monoisotopic (exact) mass is 342 g/mol. The summed E-state index contributed by atoms with van der Waals surface area (Å²) >= 11 is 0. The molecule has 2 N–H and O–H groups in total.